The van der Waals surface area contributed by atoms with Crippen molar-refractivity contribution in [1.29, 1.82) is 0 Å². The molecule has 18 heavy (non-hydrogen) atoms. The van der Waals surface area contributed by atoms with Gasteiger partial charge in [0.05, 0.1) is 16.8 Å². The van der Waals surface area contributed by atoms with E-state index in [-0.39, 0.29) is 10.6 Å². The zero-order valence-electron chi connectivity index (χ0n) is 8.97. The Bertz CT molecular complexity index is 657. The molecule has 7 heteroatoms. The summed E-state index contributed by atoms with van der Waals surface area (Å²) >= 11 is 0. The van der Waals surface area contributed by atoms with Gasteiger partial charge >= 0.3 is 0 Å². The molecule has 94 valence electrons. The molecule has 0 radical (unpaired) electrons. The normalized spacial score (nSPS) is 11.2. The maximum absolute atomic E-state index is 13.3. The lowest BCUT2D eigenvalue weighted by Gasteiger charge is -2.08. The largest absolute Gasteiger partial charge is 0.277 e. The van der Waals surface area contributed by atoms with E-state index in [1.165, 1.54) is 12.3 Å². The number of aromatic nitrogens is 1. The summed E-state index contributed by atoms with van der Waals surface area (Å²) in [4.78, 5) is 3.35. The van der Waals surface area contributed by atoms with Crippen LogP contribution in [0.3, 0.4) is 0 Å². The van der Waals surface area contributed by atoms with Crippen molar-refractivity contribution < 1.29 is 17.2 Å². The highest BCUT2D eigenvalue weighted by Gasteiger charge is 2.15. The number of rotatable bonds is 3. The first-order valence-electron chi connectivity index (χ1n) is 4.87. The van der Waals surface area contributed by atoms with E-state index in [4.69, 9.17) is 0 Å². The third-order valence-electron chi connectivity index (χ3n) is 2.14. The van der Waals surface area contributed by atoms with Gasteiger partial charge in [-0.1, -0.05) is 0 Å². The number of hydrogen-bond donors (Lipinski definition) is 1. The van der Waals surface area contributed by atoms with Crippen LogP contribution >= 0.6 is 0 Å². The number of nitrogens with one attached hydrogen (secondary N) is 1. The molecule has 0 aliphatic heterocycles. The van der Waals surface area contributed by atoms with Crippen molar-refractivity contribution in [1.82, 2.24) is 4.98 Å². The van der Waals surface area contributed by atoms with Crippen LogP contribution in [0.1, 0.15) is 0 Å². The first kappa shape index (κ1) is 12.4. The van der Waals surface area contributed by atoms with Crippen molar-refractivity contribution >= 4 is 15.7 Å². The minimum atomic E-state index is -3.94. The zero-order valence-corrected chi connectivity index (χ0v) is 9.79. The second-order valence-corrected chi connectivity index (χ2v) is 5.10. The topological polar surface area (TPSA) is 59.1 Å². The van der Waals surface area contributed by atoms with Gasteiger partial charge in [-0.15, -0.1) is 0 Å². The molecule has 1 aromatic heterocycles. The van der Waals surface area contributed by atoms with Gasteiger partial charge in [0, 0.05) is 6.20 Å². The number of anilines is 1. The first-order valence-corrected chi connectivity index (χ1v) is 6.35. The van der Waals surface area contributed by atoms with Crippen LogP contribution < -0.4 is 4.72 Å². The lowest BCUT2D eigenvalue weighted by molar-refractivity contribution is 0.596. The molecule has 4 nitrogen and oxygen atoms in total. The van der Waals surface area contributed by atoms with Crippen LogP contribution in [-0.4, -0.2) is 13.4 Å². The fourth-order valence-electron chi connectivity index (χ4n) is 1.28. The highest BCUT2D eigenvalue weighted by Crippen LogP contribution is 2.18. The average Bonchev–Trinajstić information content (AvgIpc) is 2.32. The van der Waals surface area contributed by atoms with Crippen LogP contribution in [0, 0.1) is 11.6 Å². The quantitative estimate of drug-likeness (QED) is 0.929. The summed E-state index contributed by atoms with van der Waals surface area (Å²) in [5.74, 6) is -1.34. The molecule has 0 saturated carbocycles. The number of sulfonamides is 1. The molecule has 1 heterocycles. The Morgan fingerprint density at radius 2 is 1.72 bits per heavy atom. The molecule has 0 fully saturated rings. The van der Waals surface area contributed by atoms with E-state index < -0.39 is 21.7 Å². The molecule has 0 aliphatic rings. The molecule has 2 aromatic rings. The van der Waals surface area contributed by atoms with Crippen LogP contribution in [0.25, 0.3) is 0 Å². The molecule has 1 aromatic carbocycles. The monoisotopic (exact) mass is 270 g/mol. The van der Waals surface area contributed by atoms with E-state index in [2.05, 4.69) is 9.71 Å². The Labute approximate surface area is 102 Å². The van der Waals surface area contributed by atoms with E-state index in [1.54, 1.807) is 0 Å². The van der Waals surface area contributed by atoms with Gasteiger partial charge in [0.25, 0.3) is 10.0 Å². The number of hydrogen-bond acceptors (Lipinski definition) is 3. The Morgan fingerprint density at radius 1 is 1.06 bits per heavy atom. The molecule has 0 atom stereocenters. The van der Waals surface area contributed by atoms with E-state index in [1.807, 2.05) is 0 Å². The van der Waals surface area contributed by atoms with Crippen molar-refractivity contribution in [2.24, 2.45) is 0 Å². The summed E-state index contributed by atoms with van der Waals surface area (Å²) in [6.45, 7) is 0. The number of halogens is 2. The Hall–Kier alpha value is -2.02. The van der Waals surface area contributed by atoms with Gasteiger partial charge in [0.1, 0.15) is 5.82 Å². The highest BCUT2D eigenvalue weighted by molar-refractivity contribution is 7.92. The van der Waals surface area contributed by atoms with Gasteiger partial charge in [-0.25, -0.2) is 17.2 Å². The lowest BCUT2D eigenvalue weighted by atomic mass is 10.4. The maximum atomic E-state index is 13.3. The van der Waals surface area contributed by atoms with Crippen LogP contribution in [0.2, 0.25) is 0 Å². The van der Waals surface area contributed by atoms with Crippen molar-refractivity contribution in [3.63, 3.8) is 0 Å². The van der Waals surface area contributed by atoms with Crippen LogP contribution in [0.15, 0.2) is 47.6 Å². The van der Waals surface area contributed by atoms with E-state index in [0.29, 0.717) is 0 Å². The molecular weight excluding hydrogens is 262 g/mol. The molecule has 0 aliphatic carbocycles. The summed E-state index contributed by atoms with van der Waals surface area (Å²) < 4.78 is 51.7. The minimum Gasteiger partial charge on any atom is -0.277 e. The highest BCUT2D eigenvalue weighted by atomic mass is 32.2. The lowest BCUT2D eigenvalue weighted by Crippen LogP contribution is -2.14. The summed E-state index contributed by atoms with van der Waals surface area (Å²) in [5, 5.41) is 0. The minimum absolute atomic E-state index is 0.153. The van der Waals surface area contributed by atoms with Crippen molar-refractivity contribution in [2.45, 2.75) is 4.90 Å². The Morgan fingerprint density at radius 3 is 2.33 bits per heavy atom. The molecule has 0 saturated heterocycles. The van der Waals surface area contributed by atoms with E-state index >= 15 is 0 Å². The van der Waals surface area contributed by atoms with Gasteiger partial charge in [-0.05, 0) is 30.3 Å². The van der Waals surface area contributed by atoms with Gasteiger partial charge in [-0.3, -0.25) is 9.71 Å². The summed E-state index contributed by atoms with van der Waals surface area (Å²) in [5.41, 5.74) is -0.214. The summed E-state index contributed by atoms with van der Waals surface area (Å²) in [7, 11) is -3.94. The van der Waals surface area contributed by atoms with Crippen LogP contribution in [0.5, 0.6) is 0 Å². The third kappa shape index (κ3) is 2.62. The number of nitrogens with zero attached hydrogens (tertiary/aromatic N) is 1. The third-order valence-corrected chi connectivity index (χ3v) is 3.52. The fraction of sp³-hybridized carbons (Fsp3) is 0. The fourth-order valence-corrected chi connectivity index (χ4v) is 2.34. The molecule has 0 unspecified atom stereocenters. The Kier molecular flexibility index (Phi) is 3.24. The van der Waals surface area contributed by atoms with Crippen molar-refractivity contribution in [3.05, 3.63) is 54.4 Å². The molecule has 0 spiro atoms. The first-order chi connectivity index (χ1) is 8.49. The summed E-state index contributed by atoms with van der Waals surface area (Å²) in [6.07, 6.45) is 2.15. The van der Waals surface area contributed by atoms with Crippen LogP contribution in [-0.2, 0) is 10.0 Å². The van der Waals surface area contributed by atoms with Gasteiger partial charge in [-0.2, -0.15) is 0 Å². The summed E-state index contributed by atoms with van der Waals surface area (Å²) in [6, 6.07) is 5.40. The second-order valence-electron chi connectivity index (χ2n) is 3.41. The van der Waals surface area contributed by atoms with Gasteiger partial charge < -0.3 is 0 Å². The molecule has 2 rings (SSSR count). The smallest absolute Gasteiger partial charge is 0.261 e. The van der Waals surface area contributed by atoms with Crippen molar-refractivity contribution in [2.75, 3.05) is 4.72 Å². The van der Waals surface area contributed by atoms with Crippen molar-refractivity contribution in [3.8, 4) is 0 Å². The molecular formula is C11H8F2N2O2S. The second kappa shape index (κ2) is 4.69. The predicted octanol–water partition coefficient (Wildman–Crippen LogP) is 2.16. The van der Waals surface area contributed by atoms with E-state index in [0.717, 1.165) is 30.5 Å². The van der Waals surface area contributed by atoms with Gasteiger partial charge in [0.2, 0.25) is 0 Å². The SMILES string of the molecule is O=S(=O)(Nc1ccncc1F)c1ccc(F)cc1. The van der Waals surface area contributed by atoms with Gasteiger partial charge in [0.15, 0.2) is 5.82 Å². The van der Waals surface area contributed by atoms with Crippen LogP contribution in [0.4, 0.5) is 14.5 Å². The number of benzene rings is 1. The standard InChI is InChI=1S/C11H8F2N2O2S/c12-8-1-3-9(4-2-8)18(16,17)15-11-5-6-14-7-10(11)13/h1-7H,(H,14,15). The zero-order chi connectivity index (χ0) is 13.2. The predicted molar refractivity (Wildman–Crippen MR) is 61.4 cm³/mol. The molecule has 1 N–H and O–H groups in total. The maximum Gasteiger partial charge on any atom is 0.261 e. The Balaban J connectivity index is 2.33. The molecule has 0 bridgehead atoms. The number of pyridine rings is 1. The van der Waals surface area contributed by atoms with E-state index in [9.17, 15) is 17.2 Å². The average molecular weight is 270 g/mol. The molecule has 0 amide bonds.